The van der Waals surface area contributed by atoms with Crippen LogP contribution in [0.15, 0.2) is 18.2 Å². The van der Waals surface area contributed by atoms with Crippen LogP contribution in [0, 0.1) is 0 Å². The maximum atomic E-state index is 5.12. The van der Waals surface area contributed by atoms with E-state index in [1.54, 1.807) is 7.11 Å². The average Bonchev–Trinajstić information content (AvgIpc) is 2.50. The monoisotopic (exact) mass is 166 g/mol. The number of benzene rings is 1. The highest BCUT2D eigenvalue weighted by Crippen LogP contribution is 2.26. The summed E-state index contributed by atoms with van der Waals surface area (Å²) in [6.45, 7) is 0. The minimum absolute atomic E-state index is 0.845. The Morgan fingerprint density at radius 3 is 3.18 bits per heavy atom. The van der Waals surface area contributed by atoms with E-state index in [2.05, 4.69) is 9.59 Å². The van der Waals surface area contributed by atoms with Crippen molar-refractivity contribution in [2.24, 2.45) is 0 Å². The molecule has 11 heavy (non-hydrogen) atoms. The largest absolute Gasteiger partial charge is 0.495 e. The van der Waals surface area contributed by atoms with Gasteiger partial charge in [-0.05, 0) is 23.7 Å². The highest BCUT2D eigenvalue weighted by Gasteiger charge is 2.02. The molecular formula is C7H6N2OS. The Hall–Kier alpha value is -1.16. The molecule has 1 heterocycles. The summed E-state index contributed by atoms with van der Waals surface area (Å²) in [5.74, 6) is 0.845. The lowest BCUT2D eigenvalue weighted by molar-refractivity contribution is 0.420. The van der Waals surface area contributed by atoms with Crippen LogP contribution in [0.25, 0.3) is 10.2 Å². The number of nitrogens with zero attached hydrogens (tertiary/aromatic N) is 2. The van der Waals surface area contributed by atoms with E-state index in [-0.39, 0.29) is 0 Å². The lowest BCUT2D eigenvalue weighted by atomic mass is 10.3. The Morgan fingerprint density at radius 1 is 1.45 bits per heavy atom. The van der Waals surface area contributed by atoms with Crippen molar-refractivity contribution in [1.29, 1.82) is 0 Å². The average molecular weight is 166 g/mol. The van der Waals surface area contributed by atoms with E-state index in [1.807, 2.05) is 18.2 Å². The van der Waals surface area contributed by atoms with Gasteiger partial charge in [0, 0.05) is 0 Å². The minimum Gasteiger partial charge on any atom is -0.495 e. The Morgan fingerprint density at radius 2 is 2.36 bits per heavy atom. The molecule has 0 unspecified atom stereocenters. The predicted octanol–water partition coefficient (Wildman–Crippen LogP) is 1.70. The molecule has 0 aliphatic heterocycles. The summed E-state index contributed by atoms with van der Waals surface area (Å²) in [6.07, 6.45) is 0. The van der Waals surface area contributed by atoms with Crippen molar-refractivity contribution in [1.82, 2.24) is 9.59 Å². The molecule has 4 heteroatoms. The van der Waals surface area contributed by atoms with E-state index in [0.717, 1.165) is 16.0 Å². The summed E-state index contributed by atoms with van der Waals surface area (Å²) < 4.78 is 9.95. The Kier molecular flexibility index (Phi) is 1.47. The van der Waals surface area contributed by atoms with E-state index >= 15 is 0 Å². The van der Waals surface area contributed by atoms with Crippen molar-refractivity contribution in [2.75, 3.05) is 7.11 Å². The smallest absolute Gasteiger partial charge is 0.139 e. The Balaban J connectivity index is 2.79. The summed E-state index contributed by atoms with van der Waals surface area (Å²) in [6, 6.07) is 5.73. The Labute approximate surface area is 67.8 Å². The van der Waals surface area contributed by atoms with E-state index in [4.69, 9.17) is 4.74 Å². The highest BCUT2D eigenvalue weighted by molar-refractivity contribution is 7.13. The number of methoxy groups -OCH3 is 1. The fraction of sp³-hybridized carbons (Fsp3) is 0.143. The zero-order chi connectivity index (χ0) is 7.68. The van der Waals surface area contributed by atoms with Gasteiger partial charge in [0.25, 0.3) is 0 Å². The number of ether oxygens (including phenoxy) is 1. The third-order valence-electron chi connectivity index (χ3n) is 1.46. The first kappa shape index (κ1) is 6.54. The van der Waals surface area contributed by atoms with Gasteiger partial charge in [-0.3, -0.25) is 0 Å². The van der Waals surface area contributed by atoms with Crippen molar-refractivity contribution < 1.29 is 4.74 Å². The van der Waals surface area contributed by atoms with Gasteiger partial charge in [-0.2, -0.15) is 0 Å². The normalized spacial score (nSPS) is 10.3. The SMILES string of the molecule is COc1cccc2nnsc12. The first-order valence-corrected chi connectivity index (χ1v) is 3.94. The van der Waals surface area contributed by atoms with Gasteiger partial charge in [0.1, 0.15) is 16.0 Å². The van der Waals surface area contributed by atoms with Crippen molar-refractivity contribution in [3.05, 3.63) is 18.2 Å². The van der Waals surface area contributed by atoms with Crippen LogP contribution in [-0.2, 0) is 0 Å². The standard InChI is InChI=1S/C7H6N2OS/c1-10-6-4-2-3-5-7(6)11-9-8-5/h2-4H,1H3. The van der Waals surface area contributed by atoms with Gasteiger partial charge in [-0.25, -0.2) is 0 Å². The first-order valence-electron chi connectivity index (χ1n) is 3.17. The molecule has 1 aromatic carbocycles. The van der Waals surface area contributed by atoms with Gasteiger partial charge in [0.2, 0.25) is 0 Å². The van der Waals surface area contributed by atoms with Crippen molar-refractivity contribution in [3.63, 3.8) is 0 Å². The summed E-state index contributed by atoms with van der Waals surface area (Å²) in [5, 5.41) is 3.92. The lowest BCUT2D eigenvalue weighted by Gasteiger charge is -1.96. The second-order valence-corrected chi connectivity index (χ2v) is 2.84. The molecule has 0 aliphatic carbocycles. The van der Waals surface area contributed by atoms with E-state index in [0.29, 0.717) is 0 Å². The summed E-state index contributed by atoms with van der Waals surface area (Å²) in [5.41, 5.74) is 0.898. The lowest BCUT2D eigenvalue weighted by Crippen LogP contribution is -1.81. The molecule has 0 radical (unpaired) electrons. The molecule has 0 spiro atoms. The number of hydrogen-bond donors (Lipinski definition) is 0. The van der Waals surface area contributed by atoms with E-state index in [1.165, 1.54) is 11.5 Å². The summed E-state index contributed by atoms with van der Waals surface area (Å²) in [4.78, 5) is 0. The molecule has 2 aromatic rings. The van der Waals surface area contributed by atoms with Gasteiger partial charge >= 0.3 is 0 Å². The van der Waals surface area contributed by atoms with Gasteiger partial charge in [-0.15, -0.1) is 5.10 Å². The zero-order valence-corrected chi connectivity index (χ0v) is 6.76. The van der Waals surface area contributed by atoms with Gasteiger partial charge < -0.3 is 4.74 Å². The summed E-state index contributed by atoms with van der Waals surface area (Å²) >= 11 is 1.35. The minimum atomic E-state index is 0.845. The van der Waals surface area contributed by atoms with E-state index < -0.39 is 0 Å². The molecule has 1 aromatic heterocycles. The van der Waals surface area contributed by atoms with Crippen LogP contribution >= 0.6 is 11.5 Å². The highest BCUT2D eigenvalue weighted by atomic mass is 32.1. The molecule has 0 bridgehead atoms. The van der Waals surface area contributed by atoms with Crippen molar-refractivity contribution in [2.45, 2.75) is 0 Å². The number of fused-ring (bicyclic) bond motifs is 1. The van der Waals surface area contributed by atoms with Crippen molar-refractivity contribution in [3.8, 4) is 5.75 Å². The maximum Gasteiger partial charge on any atom is 0.139 e. The molecular weight excluding hydrogens is 160 g/mol. The van der Waals surface area contributed by atoms with Crippen LogP contribution in [-0.4, -0.2) is 16.7 Å². The van der Waals surface area contributed by atoms with Crippen LogP contribution < -0.4 is 4.74 Å². The topological polar surface area (TPSA) is 35.0 Å². The molecule has 2 rings (SSSR count). The van der Waals surface area contributed by atoms with Crippen LogP contribution in [0.4, 0.5) is 0 Å². The number of aromatic nitrogens is 2. The molecule has 0 atom stereocenters. The van der Waals surface area contributed by atoms with Gasteiger partial charge in [0.15, 0.2) is 0 Å². The third-order valence-corrected chi connectivity index (χ3v) is 2.21. The Bertz CT molecular complexity index is 371. The number of rotatable bonds is 1. The van der Waals surface area contributed by atoms with Crippen LogP contribution in [0.2, 0.25) is 0 Å². The zero-order valence-electron chi connectivity index (χ0n) is 5.94. The first-order chi connectivity index (χ1) is 5.42. The fourth-order valence-electron chi connectivity index (χ4n) is 0.941. The molecule has 0 saturated heterocycles. The predicted molar refractivity (Wildman–Crippen MR) is 44.0 cm³/mol. The molecule has 0 saturated carbocycles. The molecule has 0 fully saturated rings. The molecule has 3 nitrogen and oxygen atoms in total. The molecule has 0 N–H and O–H groups in total. The van der Waals surface area contributed by atoms with E-state index in [9.17, 15) is 0 Å². The van der Waals surface area contributed by atoms with Crippen molar-refractivity contribution >= 4 is 21.7 Å². The molecule has 56 valence electrons. The van der Waals surface area contributed by atoms with Gasteiger partial charge in [-0.1, -0.05) is 10.6 Å². The maximum absolute atomic E-state index is 5.12. The van der Waals surface area contributed by atoms with Crippen LogP contribution in [0.5, 0.6) is 5.75 Å². The molecule has 0 aliphatic rings. The number of hydrogen-bond acceptors (Lipinski definition) is 4. The van der Waals surface area contributed by atoms with Gasteiger partial charge in [0.05, 0.1) is 7.11 Å². The quantitative estimate of drug-likeness (QED) is 0.646. The molecule has 0 amide bonds. The fourth-order valence-corrected chi connectivity index (χ4v) is 1.59. The summed E-state index contributed by atoms with van der Waals surface area (Å²) in [7, 11) is 1.65. The second-order valence-electron chi connectivity index (χ2n) is 2.08. The van der Waals surface area contributed by atoms with Crippen LogP contribution in [0.1, 0.15) is 0 Å². The second kappa shape index (κ2) is 2.47. The van der Waals surface area contributed by atoms with Crippen LogP contribution in [0.3, 0.4) is 0 Å². The third kappa shape index (κ3) is 0.952.